The van der Waals surface area contributed by atoms with Gasteiger partial charge in [0.05, 0.1) is 34.9 Å². The summed E-state index contributed by atoms with van der Waals surface area (Å²) in [6.07, 6.45) is -2.81. The molecule has 1 aliphatic rings. The van der Waals surface area contributed by atoms with E-state index in [0.717, 1.165) is 18.4 Å². The van der Waals surface area contributed by atoms with Crippen LogP contribution in [0.15, 0.2) is 36.4 Å². The van der Waals surface area contributed by atoms with E-state index in [4.69, 9.17) is 0 Å². The molecule has 168 valence electrons. The van der Waals surface area contributed by atoms with Crippen molar-refractivity contribution < 1.29 is 26.4 Å². The molecule has 1 aromatic heterocycles. The Morgan fingerprint density at radius 3 is 2.32 bits per heavy atom. The number of aromatic nitrogens is 1. The SMILES string of the molecule is Cc1nc([C@@H](C)NC(=O)[C@@H]2C[C@@]2(C)c2ccc(C(F)(F)F)cc2)ccc1NS(C)(=O)=O. The van der Waals surface area contributed by atoms with E-state index in [0.29, 0.717) is 29.1 Å². The number of nitrogens with zero attached hydrogens (tertiary/aromatic N) is 1. The number of carbonyl (C=O) groups is 1. The van der Waals surface area contributed by atoms with Crippen molar-refractivity contribution in [2.24, 2.45) is 5.92 Å². The van der Waals surface area contributed by atoms with Gasteiger partial charge in [0.2, 0.25) is 15.9 Å². The molecular formula is C21H24F3N3O3S. The number of amides is 1. The van der Waals surface area contributed by atoms with Crippen LogP contribution in [0, 0.1) is 12.8 Å². The van der Waals surface area contributed by atoms with E-state index in [1.54, 1.807) is 26.0 Å². The van der Waals surface area contributed by atoms with Crippen molar-refractivity contribution in [1.82, 2.24) is 10.3 Å². The lowest BCUT2D eigenvalue weighted by Gasteiger charge is -2.17. The average molecular weight is 456 g/mol. The second kappa shape index (κ2) is 7.81. The smallest absolute Gasteiger partial charge is 0.348 e. The molecule has 0 radical (unpaired) electrons. The van der Waals surface area contributed by atoms with E-state index in [1.807, 2.05) is 6.92 Å². The van der Waals surface area contributed by atoms with E-state index < -0.39 is 33.2 Å². The summed E-state index contributed by atoms with van der Waals surface area (Å²) in [5, 5.41) is 2.89. The second-order valence-corrected chi connectivity index (χ2v) is 9.97. The van der Waals surface area contributed by atoms with E-state index in [-0.39, 0.29) is 11.8 Å². The number of nitrogens with one attached hydrogen (secondary N) is 2. The first kappa shape index (κ1) is 23.1. The highest BCUT2D eigenvalue weighted by molar-refractivity contribution is 7.92. The quantitative estimate of drug-likeness (QED) is 0.691. The molecule has 3 rings (SSSR count). The summed E-state index contributed by atoms with van der Waals surface area (Å²) >= 11 is 0. The highest BCUT2D eigenvalue weighted by atomic mass is 32.2. The number of sulfonamides is 1. The Morgan fingerprint density at radius 1 is 1.19 bits per heavy atom. The van der Waals surface area contributed by atoms with Crippen LogP contribution in [0.5, 0.6) is 0 Å². The zero-order valence-corrected chi connectivity index (χ0v) is 18.4. The van der Waals surface area contributed by atoms with Crippen molar-refractivity contribution in [2.75, 3.05) is 11.0 Å². The first-order chi connectivity index (χ1) is 14.2. The molecule has 1 amide bonds. The largest absolute Gasteiger partial charge is 0.416 e. The average Bonchev–Trinajstić information content (AvgIpc) is 3.35. The molecule has 6 nitrogen and oxygen atoms in total. The Labute approximate surface area is 179 Å². The third kappa shape index (κ3) is 5.17. The van der Waals surface area contributed by atoms with Crippen LogP contribution < -0.4 is 10.0 Å². The van der Waals surface area contributed by atoms with E-state index in [1.165, 1.54) is 12.1 Å². The summed E-state index contributed by atoms with van der Waals surface area (Å²) in [4.78, 5) is 17.1. The van der Waals surface area contributed by atoms with Crippen molar-refractivity contribution in [3.05, 3.63) is 58.9 Å². The summed E-state index contributed by atoms with van der Waals surface area (Å²) in [5.74, 6) is -0.549. The maximum absolute atomic E-state index is 12.8. The molecule has 1 heterocycles. The lowest BCUT2D eigenvalue weighted by molar-refractivity contribution is -0.137. The van der Waals surface area contributed by atoms with Gasteiger partial charge >= 0.3 is 6.18 Å². The topological polar surface area (TPSA) is 88.2 Å². The molecular weight excluding hydrogens is 431 g/mol. The number of pyridine rings is 1. The molecule has 0 unspecified atom stereocenters. The fourth-order valence-corrected chi connectivity index (χ4v) is 4.24. The van der Waals surface area contributed by atoms with Crippen LogP contribution in [0.4, 0.5) is 18.9 Å². The molecule has 2 N–H and O–H groups in total. The number of aryl methyl sites for hydroxylation is 1. The van der Waals surface area contributed by atoms with Crippen molar-refractivity contribution in [3.8, 4) is 0 Å². The van der Waals surface area contributed by atoms with Gasteiger partial charge in [-0.1, -0.05) is 19.1 Å². The van der Waals surface area contributed by atoms with Gasteiger partial charge < -0.3 is 5.32 Å². The first-order valence-corrected chi connectivity index (χ1v) is 11.5. The Hall–Kier alpha value is -2.62. The van der Waals surface area contributed by atoms with Gasteiger partial charge in [0.25, 0.3) is 0 Å². The summed E-state index contributed by atoms with van der Waals surface area (Å²) in [6, 6.07) is 7.73. The second-order valence-electron chi connectivity index (χ2n) is 8.22. The molecule has 1 saturated carbocycles. The zero-order chi connectivity index (χ0) is 23.2. The lowest BCUT2D eigenvalue weighted by Crippen LogP contribution is -2.31. The molecule has 0 bridgehead atoms. The van der Waals surface area contributed by atoms with Crippen LogP contribution in [-0.2, 0) is 26.4 Å². The van der Waals surface area contributed by atoms with Crippen molar-refractivity contribution in [3.63, 3.8) is 0 Å². The normalized spacial score (nSPS) is 22.0. The molecule has 0 spiro atoms. The molecule has 1 fully saturated rings. The minimum atomic E-state index is -4.40. The number of hydrogen-bond donors (Lipinski definition) is 2. The number of hydrogen-bond acceptors (Lipinski definition) is 4. The number of anilines is 1. The van der Waals surface area contributed by atoms with E-state index in [2.05, 4.69) is 15.0 Å². The summed E-state index contributed by atoms with van der Waals surface area (Å²) in [7, 11) is -3.43. The number of alkyl halides is 3. The van der Waals surface area contributed by atoms with Gasteiger partial charge in [-0.05, 0) is 50.1 Å². The fraction of sp³-hybridized carbons (Fsp3) is 0.429. The van der Waals surface area contributed by atoms with Crippen LogP contribution in [0.2, 0.25) is 0 Å². The standard InChI is InChI=1S/C21H24F3N3O3S/c1-12(17-9-10-18(13(2)25-17)27-31(4,29)30)26-19(28)16-11-20(16,3)14-5-7-15(8-6-14)21(22,23)24/h5-10,12,16,27H,11H2,1-4H3,(H,26,28)/t12-,16+,20+/m1/s1. The van der Waals surface area contributed by atoms with Gasteiger partial charge in [0, 0.05) is 11.3 Å². The third-order valence-corrected chi connectivity index (χ3v) is 6.22. The monoisotopic (exact) mass is 455 g/mol. The fourth-order valence-electron chi connectivity index (χ4n) is 3.62. The Balaban J connectivity index is 1.66. The van der Waals surface area contributed by atoms with Crippen LogP contribution >= 0.6 is 0 Å². The summed E-state index contributed by atoms with van der Waals surface area (Å²) < 4.78 is 63.5. The molecule has 0 saturated heterocycles. The van der Waals surface area contributed by atoms with E-state index >= 15 is 0 Å². The number of carbonyl (C=O) groups excluding carboxylic acids is 1. The first-order valence-electron chi connectivity index (χ1n) is 9.64. The minimum Gasteiger partial charge on any atom is -0.348 e. The predicted octanol–water partition coefficient (Wildman–Crippen LogP) is 3.94. The highest BCUT2D eigenvalue weighted by Crippen LogP contribution is 2.54. The number of halogens is 3. The third-order valence-electron chi connectivity index (χ3n) is 5.63. The zero-order valence-electron chi connectivity index (χ0n) is 17.5. The number of rotatable bonds is 6. The molecule has 10 heteroatoms. The minimum absolute atomic E-state index is 0.201. The van der Waals surface area contributed by atoms with Crippen LogP contribution in [-0.4, -0.2) is 25.6 Å². The van der Waals surface area contributed by atoms with Crippen LogP contribution in [0.1, 0.15) is 48.8 Å². The Bertz CT molecular complexity index is 1100. The predicted molar refractivity (Wildman–Crippen MR) is 111 cm³/mol. The van der Waals surface area contributed by atoms with Crippen molar-refractivity contribution in [1.29, 1.82) is 0 Å². The molecule has 2 aromatic rings. The van der Waals surface area contributed by atoms with Gasteiger partial charge in [-0.25, -0.2) is 8.42 Å². The molecule has 1 aliphatic carbocycles. The highest BCUT2D eigenvalue weighted by Gasteiger charge is 2.55. The van der Waals surface area contributed by atoms with Crippen LogP contribution in [0.3, 0.4) is 0 Å². The summed E-state index contributed by atoms with van der Waals surface area (Å²) in [5.41, 5.74) is 0.873. The van der Waals surface area contributed by atoms with Gasteiger partial charge in [0.1, 0.15) is 0 Å². The molecule has 0 aliphatic heterocycles. The molecule has 3 atom stereocenters. The molecule has 31 heavy (non-hydrogen) atoms. The van der Waals surface area contributed by atoms with Crippen molar-refractivity contribution >= 4 is 21.6 Å². The van der Waals surface area contributed by atoms with Gasteiger partial charge in [-0.2, -0.15) is 13.2 Å². The number of benzene rings is 1. The Morgan fingerprint density at radius 2 is 1.81 bits per heavy atom. The van der Waals surface area contributed by atoms with Gasteiger partial charge in [-0.3, -0.25) is 14.5 Å². The van der Waals surface area contributed by atoms with E-state index in [9.17, 15) is 26.4 Å². The lowest BCUT2D eigenvalue weighted by atomic mass is 9.94. The van der Waals surface area contributed by atoms with Gasteiger partial charge in [0.15, 0.2) is 0 Å². The van der Waals surface area contributed by atoms with Crippen molar-refractivity contribution in [2.45, 2.75) is 44.8 Å². The van der Waals surface area contributed by atoms with Gasteiger partial charge in [-0.15, -0.1) is 0 Å². The Kier molecular flexibility index (Phi) is 5.81. The van der Waals surface area contributed by atoms with Crippen LogP contribution in [0.25, 0.3) is 0 Å². The maximum atomic E-state index is 12.8. The summed E-state index contributed by atoms with van der Waals surface area (Å²) in [6.45, 7) is 5.29. The maximum Gasteiger partial charge on any atom is 0.416 e. The molecule has 1 aromatic carbocycles.